The smallest absolute Gasteiger partial charge is 0.161 e. The Morgan fingerprint density at radius 3 is 2.40 bits per heavy atom. The van der Waals surface area contributed by atoms with E-state index in [9.17, 15) is 5.11 Å². The average Bonchev–Trinajstić information content (AvgIpc) is 2.50. The summed E-state index contributed by atoms with van der Waals surface area (Å²) in [4.78, 5) is 2.28. The number of hydrogen-bond donors (Lipinski definition) is 2. The predicted molar refractivity (Wildman–Crippen MR) is 81.5 cm³/mol. The van der Waals surface area contributed by atoms with Crippen LogP contribution in [0.3, 0.4) is 0 Å². The molecule has 0 aromatic heterocycles. The van der Waals surface area contributed by atoms with Gasteiger partial charge in [0.05, 0.1) is 26.9 Å². The maximum Gasteiger partial charge on any atom is 0.161 e. The van der Waals surface area contributed by atoms with Crippen LogP contribution >= 0.6 is 15.9 Å². The fourth-order valence-corrected chi connectivity index (χ4v) is 3.12. The first kappa shape index (κ1) is 15.6. The van der Waals surface area contributed by atoms with Crippen LogP contribution in [0.1, 0.15) is 11.6 Å². The highest BCUT2D eigenvalue weighted by Gasteiger charge is 2.24. The number of ether oxygens (including phenoxy) is 2. The van der Waals surface area contributed by atoms with Gasteiger partial charge in [-0.05, 0) is 17.7 Å². The van der Waals surface area contributed by atoms with Crippen LogP contribution in [0.2, 0.25) is 0 Å². The molecule has 0 saturated carbocycles. The van der Waals surface area contributed by atoms with Crippen molar-refractivity contribution in [1.29, 1.82) is 0 Å². The molecule has 2 rings (SSSR count). The molecule has 1 aliphatic heterocycles. The molecule has 0 bridgehead atoms. The summed E-state index contributed by atoms with van der Waals surface area (Å²) >= 11 is 3.57. The molecule has 0 unspecified atom stereocenters. The molecule has 6 heteroatoms. The highest BCUT2D eigenvalue weighted by molar-refractivity contribution is 9.10. The molecule has 0 aliphatic carbocycles. The Balaban J connectivity index is 2.33. The van der Waals surface area contributed by atoms with E-state index in [1.165, 1.54) is 0 Å². The summed E-state index contributed by atoms with van der Waals surface area (Å²) in [6, 6.07) is 3.79. The molecule has 1 atom stereocenters. The van der Waals surface area contributed by atoms with Crippen molar-refractivity contribution in [3.63, 3.8) is 0 Å². The van der Waals surface area contributed by atoms with Crippen molar-refractivity contribution in [3.05, 3.63) is 22.2 Å². The molecule has 1 aromatic rings. The predicted octanol–water partition coefficient (Wildman–Crippen LogP) is 1.40. The summed E-state index contributed by atoms with van der Waals surface area (Å²) in [7, 11) is 3.23. The third kappa shape index (κ3) is 3.25. The van der Waals surface area contributed by atoms with Crippen molar-refractivity contribution < 1.29 is 14.6 Å². The van der Waals surface area contributed by atoms with E-state index in [0.29, 0.717) is 11.5 Å². The molecule has 0 amide bonds. The van der Waals surface area contributed by atoms with Crippen LogP contribution in [0, 0.1) is 0 Å². The van der Waals surface area contributed by atoms with E-state index >= 15 is 0 Å². The number of aliphatic hydroxyl groups excluding tert-OH is 1. The molecule has 5 nitrogen and oxygen atoms in total. The number of nitrogens with zero attached hydrogens (tertiary/aromatic N) is 1. The van der Waals surface area contributed by atoms with E-state index in [1.807, 2.05) is 12.1 Å². The maximum atomic E-state index is 9.79. The van der Waals surface area contributed by atoms with E-state index in [-0.39, 0.29) is 12.6 Å². The number of halogens is 1. The topological polar surface area (TPSA) is 54.0 Å². The molecule has 0 spiro atoms. The zero-order chi connectivity index (χ0) is 14.5. The molecule has 1 saturated heterocycles. The third-order valence-corrected chi connectivity index (χ3v) is 4.31. The standard InChI is InChI=1S/C14H21BrN2O3/c1-19-13-7-10(11(15)8-14(13)20-2)12(9-18)17-5-3-16-4-6-17/h7-8,12,16,18H,3-6,9H2,1-2H3/t12-/m1/s1. The lowest BCUT2D eigenvalue weighted by Crippen LogP contribution is -2.46. The third-order valence-electron chi connectivity index (χ3n) is 3.63. The molecule has 1 fully saturated rings. The van der Waals surface area contributed by atoms with Crippen LogP contribution in [0.5, 0.6) is 11.5 Å². The number of nitrogens with one attached hydrogen (secondary N) is 1. The minimum absolute atomic E-state index is 0.0359. The lowest BCUT2D eigenvalue weighted by atomic mass is 10.0. The largest absolute Gasteiger partial charge is 0.493 e. The number of hydrogen-bond acceptors (Lipinski definition) is 5. The van der Waals surface area contributed by atoms with Crippen LogP contribution in [-0.2, 0) is 0 Å². The summed E-state index contributed by atoms with van der Waals surface area (Å²) < 4.78 is 11.6. The van der Waals surface area contributed by atoms with Crippen LogP contribution < -0.4 is 14.8 Å². The van der Waals surface area contributed by atoms with E-state index in [1.54, 1.807) is 14.2 Å². The minimum Gasteiger partial charge on any atom is -0.493 e. The van der Waals surface area contributed by atoms with Gasteiger partial charge in [-0.25, -0.2) is 0 Å². The van der Waals surface area contributed by atoms with Crippen molar-refractivity contribution in [2.24, 2.45) is 0 Å². The van der Waals surface area contributed by atoms with Crippen LogP contribution in [0.15, 0.2) is 16.6 Å². The highest BCUT2D eigenvalue weighted by atomic mass is 79.9. The fraction of sp³-hybridized carbons (Fsp3) is 0.571. The maximum absolute atomic E-state index is 9.79. The molecule has 2 N–H and O–H groups in total. The molecule has 1 aliphatic rings. The average molecular weight is 345 g/mol. The zero-order valence-corrected chi connectivity index (χ0v) is 13.4. The number of benzene rings is 1. The second kappa shape index (κ2) is 7.26. The van der Waals surface area contributed by atoms with E-state index in [0.717, 1.165) is 36.2 Å². The van der Waals surface area contributed by atoms with Crippen LogP contribution in [0.4, 0.5) is 0 Å². The minimum atomic E-state index is -0.0359. The summed E-state index contributed by atoms with van der Waals surface area (Å²) in [6.45, 7) is 3.81. The van der Waals surface area contributed by atoms with E-state index in [4.69, 9.17) is 9.47 Å². The Labute approximate surface area is 128 Å². The monoisotopic (exact) mass is 344 g/mol. The molecule has 1 heterocycles. The first-order chi connectivity index (χ1) is 9.71. The summed E-state index contributed by atoms with van der Waals surface area (Å²) in [6.07, 6.45) is 0. The van der Waals surface area contributed by atoms with E-state index < -0.39 is 0 Å². The molecular formula is C14H21BrN2O3. The lowest BCUT2D eigenvalue weighted by molar-refractivity contribution is 0.110. The van der Waals surface area contributed by atoms with Crippen molar-refractivity contribution in [2.75, 3.05) is 47.0 Å². The Bertz CT molecular complexity index is 450. The second-order valence-electron chi connectivity index (χ2n) is 4.71. The first-order valence-electron chi connectivity index (χ1n) is 6.68. The van der Waals surface area contributed by atoms with Gasteiger partial charge in [-0.2, -0.15) is 0 Å². The van der Waals surface area contributed by atoms with Gasteiger partial charge in [-0.1, -0.05) is 15.9 Å². The van der Waals surface area contributed by atoms with Gasteiger partial charge in [-0.15, -0.1) is 0 Å². The van der Waals surface area contributed by atoms with Crippen molar-refractivity contribution >= 4 is 15.9 Å². The van der Waals surface area contributed by atoms with Gasteiger partial charge in [0.2, 0.25) is 0 Å². The Hall–Kier alpha value is -0.820. The Kier molecular flexibility index (Phi) is 5.65. The van der Waals surface area contributed by atoms with Gasteiger partial charge >= 0.3 is 0 Å². The molecule has 112 valence electrons. The zero-order valence-electron chi connectivity index (χ0n) is 11.9. The van der Waals surface area contributed by atoms with Gasteiger partial charge in [0.1, 0.15) is 0 Å². The van der Waals surface area contributed by atoms with Crippen LogP contribution in [-0.4, -0.2) is 57.0 Å². The molecular weight excluding hydrogens is 324 g/mol. The summed E-state index contributed by atoms with van der Waals surface area (Å²) in [5.41, 5.74) is 1.02. The molecule has 1 aromatic carbocycles. The quantitative estimate of drug-likeness (QED) is 0.845. The van der Waals surface area contributed by atoms with Gasteiger partial charge in [0.15, 0.2) is 11.5 Å². The molecule has 0 radical (unpaired) electrons. The fourth-order valence-electron chi connectivity index (χ4n) is 2.53. The number of rotatable bonds is 5. The lowest BCUT2D eigenvalue weighted by Gasteiger charge is -2.34. The van der Waals surface area contributed by atoms with E-state index in [2.05, 4.69) is 26.1 Å². The van der Waals surface area contributed by atoms with Gasteiger partial charge in [0, 0.05) is 30.7 Å². The van der Waals surface area contributed by atoms with Crippen molar-refractivity contribution in [3.8, 4) is 11.5 Å². The SMILES string of the molecule is COc1cc(Br)c([C@@H](CO)N2CCNCC2)cc1OC. The summed E-state index contributed by atoms with van der Waals surface area (Å²) in [5, 5.41) is 13.1. The normalized spacial score (nSPS) is 17.8. The highest BCUT2D eigenvalue weighted by Crippen LogP contribution is 2.37. The van der Waals surface area contributed by atoms with Gasteiger partial charge in [-0.3, -0.25) is 4.90 Å². The Morgan fingerprint density at radius 2 is 1.85 bits per heavy atom. The van der Waals surface area contributed by atoms with Gasteiger partial charge < -0.3 is 19.9 Å². The van der Waals surface area contributed by atoms with Crippen LogP contribution in [0.25, 0.3) is 0 Å². The summed E-state index contributed by atoms with van der Waals surface area (Å²) in [5.74, 6) is 1.36. The first-order valence-corrected chi connectivity index (χ1v) is 7.47. The number of piperazine rings is 1. The number of methoxy groups -OCH3 is 2. The number of aliphatic hydroxyl groups is 1. The van der Waals surface area contributed by atoms with Crippen molar-refractivity contribution in [1.82, 2.24) is 10.2 Å². The Morgan fingerprint density at radius 1 is 1.25 bits per heavy atom. The second-order valence-corrected chi connectivity index (χ2v) is 5.57. The molecule has 20 heavy (non-hydrogen) atoms. The van der Waals surface area contributed by atoms with Crippen molar-refractivity contribution in [2.45, 2.75) is 6.04 Å². The van der Waals surface area contributed by atoms with Gasteiger partial charge in [0.25, 0.3) is 0 Å².